The van der Waals surface area contributed by atoms with Crippen LogP contribution >= 0.6 is 0 Å². The van der Waals surface area contributed by atoms with Crippen molar-refractivity contribution in [2.45, 2.75) is 18.6 Å². The Labute approximate surface area is 77.2 Å². The molecule has 1 aliphatic heterocycles. The standard InChI is InChI=1S/C9H14N2O2/c12-8-3-1-2-7(8)11-5-4-10-6-9(11)13/h1,3,7-8,10,12H,2,4-6H2/t7-,8-/m1/s1. The molecule has 1 aliphatic carbocycles. The molecule has 4 heteroatoms. The first kappa shape index (κ1) is 8.72. The molecule has 1 saturated heterocycles. The minimum absolute atomic E-state index is 0.0189. The zero-order valence-electron chi connectivity index (χ0n) is 7.44. The van der Waals surface area contributed by atoms with E-state index in [0.717, 1.165) is 13.0 Å². The largest absolute Gasteiger partial charge is 0.387 e. The first-order chi connectivity index (χ1) is 6.29. The summed E-state index contributed by atoms with van der Waals surface area (Å²) in [7, 11) is 0. The molecule has 1 heterocycles. The summed E-state index contributed by atoms with van der Waals surface area (Å²) < 4.78 is 0. The lowest BCUT2D eigenvalue weighted by atomic mass is 10.1. The highest BCUT2D eigenvalue weighted by molar-refractivity contribution is 5.79. The minimum Gasteiger partial charge on any atom is -0.387 e. The van der Waals surface area contributed by atoms with Gasteiger partial charge in [-0.1, -0.05) is 12.2 Å². The molecule has 1 fully saturated rings. The number of aliphatic hydroxyl groups excluding tert-OH is 1. The molecule has 0 spiro atoms. The molecule has 0 unspecified atom stereocenters. The van der Waals surface area contributed by atoms with Gasteiger partial charge in [-0.25, -0.2) is 0 Å². The van der Waals surface area contributed by atoms with Crippen LogP contribution in [0.5, 0.6) is 0 Å². The van der Waals surface area contributed by atoms with Crippen molar-refractivity contribution in [3.63, 3.8) is 0 Å². The van der Waals surface area contributed by atoms with E-state index < -0.39 is 6.10 Å². The van der Waals surface area contributed by atoms with Gasteiger partial charge in [0.05, 0.1) is 18.7 Å². The fourth-order valence-corrected chi connectivity index (χ4v) is 1.91. The van der Waals surface area contributed by atoms with Crippen LogP contribution in [0.2, 0.25) is 0 Å². The summed E-state index contributed by atoms with van der Waals surface area (Å²) in [5.74, 6) is 0.0963. The van der Waals surface area contributed by atoms with Crippen molar-refractivity contribution in [3.05, 3.63) is 12.2 Å². The summed E-state index contributed by atoms with van der Waals surface area (Å²) >= 11 is 0. The fraction of sp³-hybridized carbons (Fsp3) is 0.667. The third-order valence-electron chi connectivity index (χ3n) is 2.63. The molecule has 2 rings (SSSR count). The highest BCUT2D eigenvalue weighted by Gasteiger charge is 2.31. The van der Waals surface area contributed by atoms with Crippen LogP contribution in [0.15, 0.2) is 12.2 Å². The van der Waals surface area contributed by atoms with Crippen molar-refractivity contribution in [3.8, 4) is 0 Å². The summed E-state index contributed by atoms with van der Waals surface area (Å²) in [6, 6.07) is -0.0189. The SMILES string of the molecule is O=C1CNCCN1[C@@H]1CC=C[C@H]1O. The summed E-state index contributed by atoms with van der Waals surface area (Å²) in [5.41, 5.74) is 0. The Morgan fingerprint density at radius 2 is 2.46 bits per heavy atom. The number of aliphatic hydroxyl groups is 1. The fourth-order valence-electron chi connectivity index (χ4n) is 1.91. The van der Waals surface area contributed by atoms with E-state index in [9.17, 15) is 9.90 Å². The van der Waals surface area contributed by atoms with Crippen molar-refractivity contribution in [2.75, 3.05) is 19.6 Å². The molecule has 2 atom stereocenters. The summed E-state index contributed by atoms with van der Waals surface area (Å²) in [6.07, 6.45) is 4.01. The number of amides is 1. The number of hydrogen-bond donors (Lipinski definition) is 2. The monoisotopic (exact) mass is 182 g/mol. The normalized spacial score (nSPS) is 34.2. The Morgan fingerprint density at radius 1 is 1.62 bits per heavy atom. The van der Waals surface area contributed by atoms with E-state index in [2.05, 4.69) is 5.32 Å². The maximum Gasteiger partial charge on any atom is 0.236 e. The number of hydrogen-bond acceptors (Lipinski definition) is 3. The molecule has 0 bridgehead atoms. The molecule has 1 amide bonds. The van der Waals surface area contributed by atoms with Gasteiger partial charge in [-0.3, -0.25) is 4.79 Å². The molecule has 0 radical (unpaired) electrons. The lowest BCUT2D eigenvalue weighted by Crippen LogP contribution is -2.54. The van der Waals surface area contributed by atoms with E-state index in [1.165, 1.54) is 0 Å². The zero-order chi connectivity index (χ0) is 9.26. The van der Waals surface area contributed by atoms with Gasteiger partial charge in [-0.15, -0.1) is 0 Å². The number of carbonyl (C=O) groups excluding carboxylic acids is 1. The van der Waals surface area contributed by atoms with Crippen molar-refractivity contribution in [1.82, 2.24) is 10.2 Å². The van der Waals surface area contributed by atoms with Gasteiger partial charge in [0.2, 0.25) is 5.91 Å². The van der Waals surface area contributed by atoms with E-state index in [0.29, 0.717) is 13.1 Å². The zero-order valence-corrected chi connectivity index (χ0v) is 7.44. The third kappa shape index (κ3) is 1.59. The molecule has 72 valence electrons. The van der Waals surface area contributed by atoms with E-state index in [1.807, 2.05) is 6.08 Å². The molecule has 0 aromatic heterocycles. The Morgan fingerprint density at radius 3 is 3.08 bits per heavy atom. The molecule has 0 aromatic carbocycles. The van der Waals surface area contributed by atoms with Crippen molar-refractivity contribution < 1.29 is 9.90 Å². The maximum absolute atomic E-state index is 11.5. The van der Waals surface area contributed by atoms with Gasteiger partial charge in [0, 0.05) is 13.1 Å². The Bertz CT molecular complexity index is 240. The first-order valence-electron chi connectivity index (χ1n) is 4.64. The average molecular weight is 182 g/mol. The Kier molecular flexibility index (Phi) is 2.33. The lowest BCUT2D eigenvalue weighted by molar-refractivity contribution is -0.136. The average Bonchev–Trinajstić information content (AvgIpc) is 2.52. The molecular formula is C9H14N2O2. The van der Waals surface area contributed by atoms with E-state index in [4.69, 9.17) is 0 Å². The Balaban J connectivity index is 2.02. The van der Waals surface area contributed by atoms with Gasteiger partial charge in [0.15, 0.2) is 0 Å². The lowest BCUT2D eigenvalue weighted by Gasteiger charge is -2.34. The van der Waals surface area contributed by atoms with Crippen LogP contribution in [0, 0.1) is 0 Å². The smallest absolute Gasteiger partial charge is 0.236 e. The van der Waals surface area contributed by atoms with E-state index >= 15 is 0 Å². The predicted molar refractivity (Wildman–Crippen MR) is 48.1 cm³/mol. The van der Waals surface area contributed by atoms with Crippen molar-refractivity contribution in [2.24, 2.45) is 0 Å². The highest BCUT2D eigenvalue weighted by atomic mass is 16.3. The minimum atomic E-state index is -0.470. The highest BCUT2D eigenvalue weighted by Crippen LogP contribution is 2.18. The molecule has 2 aliphatic rings. The molecule has 0 aromatic rings. The van der Waals surface area contributed by atoms with E-state index in [-0.39, 0.29) is 11.9 Å². The second-order valence-corrected chi connectivity index (χ2v) is 3.49. The quantitative estimate of drug-likeness (QED) is 0.517. The van der Waals surface area contributed by atoms with Gasteiger partial charge in [0.25, 0.3) is 0 Å². The molecule has 13 heavy (non-hydrogen) atoms. The number of piperazine rings is 1. The number of nitrogens with zero attached hydrogens (tertiary/aromatic N) is 1. The van der Waals surface area contributed by atoms with Crippen LogP contribution in [0.25, 0.3) is 0 Å². The topological polar surface area (TPSA) is 52.6 Å². The van der Waals surface area contributed by atoms with Gasteiger partial charge >= 0.3 is 0 Å². The number of rotatable bonds is 1. The summed E-state index contributed by atoms with van der Waals surface area (Å²) in [6.45, 7) is 1.94. The van der Waals surface area contributed by atoms with Crippen LogP contribution in [0.1, 0.15) is 6.42 Å². The second-order valence-electron chi connectivity index (χ2n) is 3.49. The molecular weight excluding hydrogens is 168 g/mol. The molecule has 2 N–H and O–H groups in total. The third-order valence-corrected chi connectivity index (χ3v) is 2.63. The van der Waals surface area contributed by atoms with E-state index in [1.54, 1.807) is 11.0 Å². The second kappa shape index (κ2) is 3.47. The molecule has 0 saturated carbocycles. The van der Waals surface area contributed by atoms with Gasteiger partial charge in [-0.2, -0.15) is 0 Å². The first-order valence-corrected chi connectivity index (χ1v) is 4.64. The van der Waals surface area contributed by atoms with Crippen molar-refractivity contribution in [1.29, 1.82) is 0 Å². The maximum atomic E-state index is 11.5. The van der Waals surface area contributed by atoms with Gasteiger partial charge in [0.1, 0.15) is 0 Å². The van der Waals surface area contributed by atoms with Crippen LogP contribution in [-0.2, 0) is 4.79 Å². The number of nitrogens with one attached hydrogen (secondary N) is 1. The van der Waals surface area contributed by atoms with Crippen LogP contribution in [0.4, 0.5) is 0 Å². The summed E-state index contributed by atoms with van der Waals surface area (Å²) in [4.78, 5) is 13.2. The predicted octanol–water partition coefficient (Wildman–Crippen LogP) is -0.892. The van der Waals surface area contributed by atoms with Crippen LogP contribution < -0.4 is 5.32 Å². The van der Waals surface area contributed by atoms with Gasteiger partial charge in [-0.05, 0) is 6.42 Å². The van der Waals surface area contributed by atoms with Crippen molar-refractivity contribution >= 4 is 5.91 Å². The summed E-state index contributed by atoms with van der Waals surface area (Å²) in [5, 5.41) is 12.6. The van der Waals surface area contributed by atoms with Crippen LogP contribution in [-0.4, -0.2) is 47.7 Å². The van der Waals surface area contributed by atoms with Crippen LogP contribution in [0.3, 0.4) is 0 Å². The Hall–Kier alpha value is -0.870. The number of carbonyl (C=O) groups is 1. The molecule has 4 nitrogen and oxygen atoms in total. The van der Waals surface area contributed by atoms with Gasteiger partial charge < -0.3 is 15.3 Å².